The molecule has 26 heavy (non-hydrogen) atoms. The van der Waals surface area contributed by atoms with Crippen molar-refractivity contribution in [3.8, 4) is 0 Å². The van der Waals surface area contributed by atoms with E-state index in [-0.39, 0.29) is 11.2 Å². The Bertz CT molecular complexity index is 913. The maximum Gasteiger partial charge on any atom is 0.317 e. The van der Waals surface area contributed by atoms with Crippen LogP contribution < -0.4 is 4.90 Å². The number of para-hydroxylation sites is 1. The predicted molar refractivity (Wildman–Crippen MR) is 103 cm³/mol. The van der Waals surface area contributed by atoms with E-state index in [2.05, 4.69) is 18.7 Å². The van der Waals surface area contributed by atoms with Crippen molar-refractivity contribution in [3.63, 3.8) is 0 Å². The second-order valence-electron chi connectivity index (χ2n) is 7.26. The van der Waals surface area contributed by atoms with E-state index in [0.29, 0.717) is 12.1 Å². The normalized spacial score (nSPS) is 24.0. The van der Waals surface area contributed by atoms with Crippen LogP contribution >= 0.6 is 11.8 Å². The van der Waals surface area contributed by atoms with Crippen LogP contribution in [-0.2, 0) is 5.72 Å². The summed E-state index contributed by atoms with van der Waals surface area (Å²) in [5, 5.41) is 23.9. The molecule has 0 aromatic heterocycles. The first-order valence-corrected chi connectivity index (χ1v) is 9.41. The highest BCUT2D eigenvalue weighted by Gasteiger charge is 2.60. The van der Waals surface area contributed by atoms with Crippen LogP contribution in [0.5, 0.6) is 0 Å². The molecule has 0 saturated carbocycles. The summed E-state index contributed by atoms with van der Waals surface area (Å²) in [5.41, 5.74) is -0.0786. The molecule has 2 aromatic rings. The summed E-state index contributed by atoms with van der Waals surface area (Å²) in [6.45, 7) is 4.50. The number of aliphatic hydroxyl groups is 1. The van der Waals surface area contributed by atoms with Crippen LogP contribution in [0.1, 0.15) is 19.4 Å². The molecular weight excluding hydrogens is 350 g/mol. The van der Waals surface area contributed by atoms with E-state index in [0.717, 1.165) is 16.6 Å². The molecule has 2 aromatic carbocycles. The van der Waals surface area contributed by atoms with Gasteiger partial charge in [0.2, 0.25) is 0 Å². The molecule has 0 radical (unpaired) electrons. The van der Waals surface area contributed by atoms with E-state index in [1.807, 2.05) is 34.9 Å². The van der Waals surface area contributed by atoms with E-state index >= 15 is 0 Å². The number of nitro benzene ring substituents is 1. The van der Waals surface area contributed by atoms with Crippen LogP contribution in [0.3, 0.4) is 0 Å². The number of amidine groups is 1. The summed E-state index contributed by atoms with van der Waals surface area (Å²) in [6, 6.07) is 16.2. The van der Waals surface area contributed by atoms with E-state index in [4.69, 9.17) is 0 Å². The first-order valence-electron chi connectivity index (χ1n) is 8.43. The summed E-state index contributed by atoms with van der Waals surface area (Å²) < 4.78 is 2.01. The Labute approximate surface area is 155 Å². The lowest BCUT2D eigenvalue weighted by molar-refractivity contribution is -0.703. The number of nitro groups is 1. The summed E-state index contributed by atoms with van der Waals surface area (Å²) >= 11 is 1.70. The second-order valence-corrected chi connectivity index (χ2v) is 8.21. The van der Waals surface area contributed by atoms with Crippen molar-refractivity contribution in [1.29, 1.82) is 0 Å². The van der Waals surface area contributed by atoms with Gasteiger partial charge in [0.15, 0.2) is 6.54 Å². The van der Waals surface area contributed by atoms with Gasteiger partial charge in [0.1, 0.15) is 11.2 Å². The van der Waals surface area contributed by atoms with Gasteiger partial charge in [-0.2, -0.15) is 0 Å². The van der Waals surface area contributed by atoms with Crippen molar-refractivity contribution >= 4 is 28.3 Å². The number of hydrogen-bond acceptors (Lipinski definition) is 5. The third kappa shape index (κ3) is 2.50. The van der Waals surface area contributed by atoms with Crippen molar-refractivity contribution in [3.05, 3.63) is 70.3 Å². The highest BCUT2D eigenvalue weighted by Crippen LogP contribution is 2.44. The average Bonchev–Trinajstić information content (AvgIpc) is 3.13. The number of nitrogens with zero attached hydrogens (tertiary/aromatic N) is 3. The van der Waals surface area contributed by atoms with Gasteiger partial charge in [-0.3, -0.25) is 10.1 Å². The summed E-state index contributed by atoms with van der Waals surface area (Å²) in [4.78, 5) is 12.9. The van der Waals surface area contributed by atoms with Gasteiger partial charge in [-0.1, -0.05) is 30.3 Å². The fraction of sp³-hybridized carbons (Fsp3) is 0.316. The van der Waals surface area contributed by atoms with Crippen molar-refractivity contribution in [1.82, 2.24) is 0 Å². The number of thioether (sulfide) groups is 1. The minimum atomic E-state index is -1.33. The molecule has 2 aliphatic rings. The number of β-amino-alcohol motifs (C(OH)–C–C–N with tert-alkyl or cyclic N) is 1. The maximum atomic E-state index is 11.7. The average molecular weight is 370 g/mol. The van der Waals surface area contributed by atoms with Gasteiger partial charge in [0.05, 0.1) is 4.92 Å². The fourth-order valence-electron chi connectivity index (χ4n) is 3.74. The van der Waals surface area contributed by atoms with Gasteiger partial charge in [-0.15, -0.1) is 0 Å². The lowest BCUT2D eigenvalue weighted by Gasteiger charge is -2.30. The molecule has 0 spiro atoms. The van der Waals surface area contributed by atoms with Gasteiger partial charge >= 0.3 is 5.17 Å². The molecule has 0 saturated heterocycles. The summed E-state index contributed by atoms with van der Waals surface area (Å²) in [7, 11) is 0. The van der Waals surface area contributed by atoms with Gasteiger partial charge in [-0.25, -0.2) is 9.48 Å². The second kappa shape index (κ2) is 5.82. The molecule has 1 unspecified atom stereocenters. The standard InChI is InChI=1S/C19H20N3O3S/c1-18(2)13-26-17-20(15-8-4-3-5-9-15)12-19(23,21(17)18)14-7-6-10-16(11-14)22(24)25/h3-11,23H,12-13H2,1-2H3/q+1. The maximum absolute atomic E-state index is 11.7. The third-order valence-electron chi connectivity index (χ3n) is 4.92. The molecule has 4 rings (SSSR count). The molecule has 6 nitrogen and oxygen atoms in total. The van der Waals surface area contributed by atoms with Crippen LogP contribution in [0.2, 0.25) is 0 Å². The van der Waals surface area contributed by atoms with E-state index < -0.39 is 10.6 Å². The molecule has 1 atom stereocenters. The summed E-state index contributed by atoms with van der Waals surface area (Å²) in [5.74, 6) is 0.836. The molecule has 1 N–H and O–H groups in total. The van der Waals surface area contributed by atoms with Crippen LogP contribution in [0.15, 0.2) is 54.6 Å². The van der Waals surface area contributed by atoms with Crippen LogP contribution in [0, 0.1) is 10.1 Å². The molecular formula is C19H20N3O3S+. The Kier molecular flexibility index (Phi) is 3.82. The Morgan fingerprint density at radius 1 is 1.19 bits per heavy atom. The van der Waals surface area contributed by atoms with Crippen LogP contribution in [0.4, 0.5) is 11.4 Å². The quantitative estimate of drug-likeness (QED) is 0.511. The monoisotopic (exact) mass is 370 g/mol. The van der Waals surface area contributed by atoms with Crippen molar-refractivity contribution in [2.24, 2.45) is 0 Å². The van der Waals surface area contributed by atoms with Crippen LogP contribution in [-0.4, -0.2) is 37.6 Å². The van der Waals surface area contributed by atoms with E-state index in [9.17, 15) is 15.2 Å². The molecule has 0 fully saturated rings. The Hall–Kier alpha value is -2.38. The topological polar surface area (TPSA) is 69.6 Å². The molecule has 0 aliphatic carbocycles. The summed E-state index contributed by atoms with van der Waals surface area (Å²) in [6.07, 6.45) is 0. The van der Waals surface area contributed by atoms with Gasteiger partial charge < -0.3 is 5.11 Å². The first kappa shape index (κ1) is 17.1. The minimum Gasteiger partial charge on any atom is -0.346 e. The highest BCUT2D eigenvalue weighted by molar-refractivity contribution is 8.14. The van der Waals surface area contributed by atoms with E-state index in [1.54, 1.807) is 23.9 Å². The Balaban J connectivity index is 1.86. The predicted octanol–water partition coefficient (Wildman–Crippen LogP) is 3.15. The first-order chi connectivity index (χ1) is 12.3. The van der Waals surface area contributed by atoms with Gasteiger partial charge in [0.25, 0.3) is 11.4 Å². The molecule has 2 heterocycles. The smallest absolute Gasteiger partial charge is 0.317 e. The van der Waals surface area contributed by atoms with E-state index in [1.165, 1.54) is 12.1 Å². The largest absolute Gasteiger partial charge is 0.346 e. The van der Waals surface area contributed by atoms with Gasteiger partial charge in [0, 0.05) is 23.4 Å². The lowest BCUT2D eigenvalue weighted by atomic mass is 9.97. The number of anilines is 1. The number of non-ortho nitro benzene ring substituents is 1. The highest BCUT2D eigenvalue weighted by atomic mass is 32.2. The lowest BCUT2D eigenvalue weighted by Crippen LogP contribution is -2.49. The molecule has 0 amide bonds. The fourth-order valence-corrected chi connectivity index (χ4v) is 5.21. The molecule has 134 valence electrons. The van der Waals surface area contributed by atoms with Gasteiger partial charge in [-0.05, 0) is 37.7 Å². The zero-order valence-electron chi connectivity index (χ0n) is 14.6. The van der Waals surface area contributed by atoms with Crippen molar-refractivity contribution in [2.45, 2.75) is 25.1 Å². The molecule has 2 aliphatic heterocycles. The van der Waals surface area contributed by atoms with Crippen molar-refractivity contribution in [2.75, 3.05) is 17.2 Å². The SMILES string of the molecule is CC1(C)CSC2=[N+]1C(O)(c1cccc([N+](=O)[O-])c1)CN2c1ccccc1. The molecule has 0 bridgehead atoms. The minimum absolute atomic E-state index is 0.0136. The number of benzene rings is 2. The number of hydrogen-bond donors (Lipinski definition) is 1. The van der Waals surface area contributed by atoms with Crippen LogP contribution in [0.25, 0.3) is 0 Å². The zero-order chi connectivity index (χ0) is 18.5. The Morgan fingerprint density at radius 2 is 1.92 bits per heavy atom. The molecule has 7 heteroatoms. The third-order valence-corrected chi connectivity index (χ3v) is 6.43. The Morgan fingerprint density at radius 3 is 2.62 bits per heavy atom. The number of rotatable bonds is 3. The van der Waals surface area contributed by atoms with Crippen molar-refractivity contribution < 1.29 is 14.6 Å². The zero-order valence-corrected chi connectivity index (χ0v) is 15.4.